The number of hydrogen-bond donors (Lipinski definition) is 0. The van der Waals surface area contributed by atoms with E-state index in [1.165, 1.54) is 70.3 Å². The summed E-state index contributed by atoms with van der Waals surface area (Å²) in [6.45, 7) is 16.2. The van der Waals surface area contributed by atoms with Crippen molar-refractivity contribution >= 4 is 5.97 Å². The van der Waals surface area contributed by atoms with Crippen molar-refractivity contribution < 1.29 is 9.53 Å². The minimum atomic E-state index is -0.236. The minimum absolute atomic E-state index is 0.117. The number of fused-ring (bicyclic) bond motifs is 5. The number of hydrogen-bond acceptors (Lipinski definition) is 2. The van der Waals surface area contributed by atoms with Gasteiger partial charge >= 0.3 is 5.97 Å². The standard InChI is InChI=1S/C30H50O2/c1-7-28(31)32-23-15-17-29(5)22(19-23)11-12-24-26-14-13-25(21(4)10-8-9-20(2)3)30(26,6)18-16-27(24)29/h7,20-27H,1,8-19H2,2-6H3/t21-,22?,23?,24?,25-,26?,27?,29+,30-/m1/s1. The second kappa shape index (κ2) is 9.46. The molecule has 0 radical (unpaired) electrons. The van der Waals surface area contributed by atoms with Crippen LogP contribution in [0.3, 0.4) is 0 Å². The molecular formula is C30H50O2. The van der Waals surface area contributed by atoms with Crippen LogP contribution in [-0.2, 0) is 9.53 Å². The van der Waals surface area contributed by atoms with Gasteiger partial charge in [-0.05, 0) is 110 Å². The molecule has 0 aromatic carbocycles. The number of rotatable bonds is 7. The maximum Gasteiger partial charge on any atom is 0.330 e. The second-order valence-corrected chi connectivity index (χ2v) is 13.2. The van der Waals surface area contributed by atoms with Crippen molar-refractivity contribution in [1.29, 1.82) is 0 Å². The van der Waals surface area contributed by atoms with Crippen LogP contribution in [0.5, 0.6) is 0 Å². The Morgan fingerprint density at radius 1 is 0.969 bits per heavy atom. The number of carbonyl (C=O) groups excluding carboxylic acids is 1. The molecule has 0 aromatic heterocycles. The zero-order chi connectivity index (χ0) is 23.1. The first-order valence-corrected chi connectivity index (χ1v) is 14.0. The maximum absolute atomic E-state index is 11.8. The molecule has 4 saturated carbocycles. The normalized spacial score (nSPS) is 44.3. The third-order valence-electron chi connectivity index (χ3n) is 11.3. The van der Waals surface area contributed by atoms with Crippen LogP contribution in [0.25, 0.3) is 0 Å². The lowest BCUT2D eigenvalue weighted by atomic mass is 9.44. The van der Waals surface area contributed by atoms with Gasteiger partial charge in [0.05, 0.1) is 0 Å². The van der Waals surface area contributed by atoms with E-state index in [4.69, 9.17) is 4.74 Å². The molecule has 0 saturated heterocycles. The van der Waals surface area contributed by atoms with E-state index in [1.807, 2.05) is 0 Å². The Morgan fingerprint density at radius 3 is 2.41 bits per heavy atom. The molecule has 5 unspecified atom stereocenters. The van der Waals surface area contributed by atoms with Crippen molar-refractivity contribution in [2.24, 2.45) is 52.3 Å². The molecule has 0 N–H and O–H groups in total. The van der Waals surface area contributed by atoms with Crippen molar-refractivity contribution in [2.75, 3.05) is 0 Å². The quantitative estimate of drug-likeness (QED) is 0.293. The molecule has 4 aliphatic rings. The molecule has 0 amide bonds. The largest absolute Gasteiger partial charge is 0.459 e. The van der Waals surface area contributed by atoms with Gasteiger partial charge in [0.2, 0.25) is 0 Å². The van der Waals surface area contributed by atoms with Crippen molar-refractivity contribution in [2.45, 2.75) is 118 Å². The first-order chi connectivity index (χ1) is 15.2. The highest BCUT2D eigenvalue weighted by Crippen LogP contribution is 2.68. The third-order valence-corrected chi connectivity index (χ3v) is 11.3. The summed E-state index contributed by atoms with van der Waals surface area (Å²) in [4.78, 5) is 11.8. The van der Waals surface area contributed by atoms with E-state index >= 15 is 0 Å². The summed E-state index contributed by atoms with van der Waals surface area (Å²) in [7, 11) is 0. The summed E-state index contributed by atoms with van der Waals surface area (Å²) in [6.07, 6.45) is 17.7. The fourth-order valence-electron chi connectivity index (χ4n) is 9.56. The van der Waals surface area contributed by atoms with Gasteiger partial charge in [0.25, 0.3) is 0 Å². The Bertz CT molecular complexity index is 682. The SMILES string of the molecule is C=CC(=O)OC1CC[C@@]2(C)C(CCC3C2CC[C@@]2(C)C3CC[C@@H]2[C@H](C)CCCC(C)C)C1. The molecule has 9 atom stereocenters. The van der Waals surface area contributed by atoms with E-state index in [2.05, 4.69) is 41.2 Å². The Kier molecular flexibility index (Phi) is 7.19. The number of esters is 1. The van der Waals surface area contributed by atoms with E-state index in [1.54, 1.807) is 0 Å². The van der Waals surface area contributed by atoms with E-state index in [-0.39, 0.29) is 12.1 Å². The van der Waals surface area contributed by atoms with Crippen LogP contribution in [0, 0.1) is 52.3 Å². The molecule has 32 heavy (non-hydrogen) atoms. The van der Waals surface area contributed by atoms with Gasteiger partial charge in [0.1, 0.15) is 6.10 Å². The van der Waals surface area contributed by atoms with Crippen molar-refractivity contribution in [3.8, 4) is 0 Å². The van der Waals surface area contributed by atoms with Crippen LogP contribution < -0.4 is 0 Å². The highest BCUT2D eigenvalue weighted by molar-refractivity contribution is 5.81. The summed E-state index contributed by atoms with van der Waals surface area (Å²) in [6, 6.07) is 0. The predicted octanol–water partition coefficient (Wildman–Crippen LogP) is 8.21. The van der Waals surface area contributed by atoms with Crippen LogP contribution in [0.4, 0.5) is 0 Å². The lowest BCUT2D eigenvalue weighted by Gasteiger charge is -2.61. The summed E-state index contributed by atoms with van der Waals surface area (Å²) in [5.74, 6) is 5.96. The van der Waals surface area contributed by atoms with Crippen LogP contribution >= 0.6 is 0 Å². The van der Waals surface area contributed by atoms with Crippen LogP contribution in [0.2, 0.25) is 0 Å². The first-order valence-electron chi connectivity index (χ1n) is 14.0. The van der Waals surface area contributed by atoms with E-state index in [9.17, 15) is 4.79 Å². The van der Waals surface area contributed by atoms with Crippen molar-refractivity contribution in [3.05, 3.63) is 12.7 Å². The molecule has 0 heterocycles. The summed E-state index contributed by atoms with van der Waals surface area (Å²) in [5.41, 5.74) is 1.04. The van der Waals surface area contributed by atoms with Crippen molar-refractivity contribution in [1.82, 2.24) is 0 Å². The Balaban J connectivity index is 1.42. The number of carbonyl (C=O) groups is 1. The fraction of sp³-hybridized carbons (Fsp3) is 0.900. The zero-order valence-electron chi connectivity index (χ0n) is 21.7. The molecule has 0 aromatic rings. The van der Waals surface area contributed by atoms with Gasteiger partial charge < -0.3 is 4.74 Å². The van der Waals surface area contributed by atoms with Crippen LogP contribution in [0.15, 0.2) is 12.7 Å². The summed E-state index contributed by atoms with van der Waals surface area (Å²) >= 11 is 0. The molecule has 4 aliphatic carbocycles. The van der Waals surface area contributed by atoms with Gasteiger partial charge in [-0.1, -0.05) is 60.5 Å². The predicted molar refractivity (Wildman–Crippen MR) is 133 cm³/mol. The second-order valence-electron chi connectivity index (χ2n) is 13.2. The van der Waals surface area contributed by atoms with Gasteiger partial charge in [-0.2, -0.15) is 0 Å². The van der Waals surface area contributed by atoms with Gasteiger partial charge in [0.15, 0.2) is 0 Å². The third kappa shape index (κ3) is 4.34. The highest BCUT2D eigenvalue weighted by Gasteiger charge is 2.60. The summed E-state index contributed by atoms with van der Waals surface area (Å²) in [5, 5.41) is 0. The van der Waals surface area contributed by atoms with Crippen LogP contribution in [-0.4, -0.2) is 12.1 Å². The Hall–Kier alpha value is -0.790. The molecule has 182 valence electrons. The Labute approximate surface area is 198 Å². The average Bonchev–Trinajstić information content (AvgIpc) is 3.11. The average molecular weight is 443 g/mol. The number of ether oxygens (including phenoxy) is 1. The molecule has 4 rings (SSSR count). The van der Waals surface area contributed by atoms with Gasteiger partial charge in [0, 0.05) is 6.08 Å². The molecule has 0 aliphatic heterocycles. The molecule has 2 nitrogen and oxygen atoms in total. The smallest absolute Gasteiger partial charge is 0.330 e. The lowest BCUT2D eigenvalue weighted by Crippen LogP contribution is -2.54. The molecule has 4 fully saturated rings. The minimum Gasteiger partial charge on any atom is -0.459 e. The molecule has 2 heteroatoms. The van der Waals surface area contributed by atoms with Gasteiger partial charge in [-0.3, -0.25) is 0 Å². The Morgan fingerprint density at radius 2 is 1.69 bits per heavy atom. The van der Waals surface area contributed by atoms with E-state index in [0.29, 0.717) is 10.8 Å². The lowest BCUT2D eigenvalue weighted by molar-refractivity contribution is -0.158. The topological polar surface area (TPSA) is 26.3 Å². The van der Waals surface area contributed by atoms with E-state index < -0.39 is 0 Å². The maximum atomic E-state index is 11.8. The van der Waals surface area contributed by atoms with Crippen molar-refractivity contribution in [3.63, 3.8) is 0 Å². The van der Waals surface area contributed by atoms with E-state index in [0.717, 1.165) is 54.3 Å². The first kappa shape index (κ1) is 24.3. The zero-order valence-corrected chi connectivity index (χ0v) is 21.7. The van der Waals surface area contributed by atoms with Crippen LogP contribution in [0.1, 0.15) is 112 Å². The monoisotopic (exact) mass is 442 g/mol. The molecule has 0 bridgehead atoms. The van der Waals surface area contributed by atoms with Gasteiger partial charge in [-0.15, -0.1) is 0 Å². The fourth-order valence-corrected chi connectivity index (χ4v) is 9.56. The highest BCUT2D eigenvalue weighted by atomic mass is 16.5. The summed E-state index contributed by atoms with van der Waals surface area (Å²) < 4.78 is 5.69. The molecule has 0 spiro atoms. The molecular weight excluding hydrogens is 392 g/mol. The van der Waals surface area contributed by atoms with Gasteiger partial charge in [-0.25, -0.2) is 4.79 Å².